The van der Waals surface area contributed by atoms with Crippen molar-refractivity contribution in [3.05, 3.63) is 47.2 Å². The molecular weight excluding hydrogens is 212 g/mol. The molecule has 0 aliphatic heterocycles. The molecule has 3 rings (SSSR count). The van der Waals surface area contributed by atoms with Gasteiger partial charge in [0.15, 0.2) is 0 Å². The van der Waals surface area contributed by atoms with Crippen molar-refractivity contribution in [2.45, 2.75) is 25.7 Å². The summed E-state index contributed by atoms with van der Waals surface area (Å²) in [4.78, 5) is 13.1. The Morgan fingerprint density at radius 2 is 2.18 bits per heavy atom. The van der Waals surface area contributed by atoms with Crippen LogP contribution in [0, 0.1) is 0 Å². The number of rotatable bonds is 2. The zero-order chi connectivity index (χ0) is 11.7. The topological polar surface area (TPSA) is 64.7 Å². The maximum Gasteiger partial charge on any atom is 0.135 e. The molecule has 0 saturated carbocycles. The first-order chi connectivity index (χ1) is 8.33. The minimum atomic E-state index is 0.659. The number of hydrogen-bond donors (Lipinski definition) is 1. The van der Waals surface area contributed by atoms with Gasteiger partial charge in [-0.1, -0.05) is 6.07 Å². The van der Waals surface area contributed by atoms with Gasteiger partial charge >= 0.3 is 0 Å². The third kappa shape index (κ3) is 1.98. The number of anilines is 1. The van der Waals surface area contributed by atoms with Crippen molar-refractivity contribution in [3.8, 4) is 0 Å². The molecule has 2 heterocycles. The maximum absolute atomic E-state index is 5.96. The number of aryl methyl sites for hydroxylation is 1. The van der Waals surface area contributed by atoms with Gasteiger partial charge in [0, 0.05) is 30.1 Å². The summed E-state index contributed by atoms with van der Waals surface area (Å²) < 4.78 is 0. The van der Waals surface area contributed by atoms with Gasteiger partial charge < -0.3 is 5.73 Å². The fraction of sp³-hybridized carbons (Fsp3) is 0.308. The van der Waals surface area contributed by atoms with Crippen LogP contribution >= 0.6 is 0 Å². The van der Waals surface area contributed by atoms with Gasteiger partial charge in [-0.3, -0.25) is 4.98 Å². The molecule has 1 aliphatic carbocycles. The summed E-state index contributed by atoms with van der Waals surface area (Å²) in [6, 6.07) is 3.95. The number of fused-ring (bicyclic) bond motifs is 1. The van der Waals surface area contributed by atoms with E-state index in [0.717, 1.165) is 41.9 Å². The smallest absolute Gasteiger partial charge is 0.135 e. The molecular formula is C13H14N4. The van der Waals surface area contributed by atoms with E-state index in [2.05, 4.69) is 15.0 Å². The van der Waals surface area contributed by atoms with Crippen LogP contribution in [0.5, 0.6) is 0 Å². The van der Waals surface area contributed by atoms with E-state index in [1.54, 1.807) is 6.20 Å². The quantitative estimate of drug-likeness (QED) is 0.843. The molecule has 2 N–H and O–H groups in total. The predicted octanol–water partition coefficient (Wildman–Crippen LogP) is 1.53. The third-order valence-electron chi connectivity index (χ3n) is 3.10. The Kier molecular flexibility index (Phi) is 2.48. The van der Waals surface area contributed by atoms with Gasteiger partial charge in [0.1, 0.15) is 11.6 Å². The summed E-state index contributed by atoms with van der Waals surface area (Å²) in [5.41, 5.74) is 9.36. The van der Waals surface area contributed by atoms with Crippen LogP contribution in [0.2, 0.25) is 0 Å². The maximum atomic E-state index is 5.96. The Morgan fingerprint density at radius 3 is 3.00 bits per heavy atom. The van der Waals surface area contributed by atoms with Gasteiger partial charge in [-0.25, -0.2) is 9.97 Å². The lowest BCUT2D eigenvalue weighted by molar-refractivity contribution is 0.885. The number of pyridine rings is 1. The Balaban J connectivity index is 1.92. The Hall–Kier alpha value is -1.97. The molecule has 0 aromatic carbocycles. The second kappa shape index (κ2) is 4.13. The van der Waals surface area contributed by atoms with Crippen LogP contribution < -0.4 is 5.73 Å². The Bertz CT molecular complexity index is 537. The molecule has 0 unspecified atom stereocenters. The van der Waals surface area contributed by atoms with E-state index in [1.165, 1.54) is 0 Å². The van der Waals surface area contributed by atoms with Crippen molar-refractivity contribution in [1.82, 2.24) is 15.0 Å². The van der Waals surface area contributed by atoms with E-state index in [0.29, 0.717) is 12.2 Å². The van der Waals surface area contributed by atoms with E-state index >= 15 is 0 Å². The van der Waals surface area contributed by atoms with Gasteiger partial charge in [0.25, 0.3) is 0 Å². The number of nitrogens with two attached hydrogens (primary N) is 1. The first-order valence-electron chi connectivity index (χ1n) is 5.86. The molecule has 0 bridgehead atoms. The molecule has 4 heteroatoms. The van der Waals surface area contributed by atoms with Gasteiger partial charge in [0.05, 0.1) is 0 Å². The van der Waals surface area contributed by atoms with E-state index < -0.39 is 0 Å². The fourth-order valence-electron chi connectivity index (χ4n) is 2.28. The number of aromatic nitrogens is 3. The number of hydrogen-bond acceptors (Lipinski definition) is 4. The van der Waals surface area contributed by atoms with Gasteiger partial charge in [-0.15, -0.1) is 0 Å². The first kappa shape index (κ1) is 10.2. The molecule has 2 aromatic heterocycles. The highest BCUT2D eigenvalue weighted by molar-refractivity contribution is 5.45. The van der Waals surface area contributed by atoms with Crippen LogP contribution in [-0.2, 0) is 19.3 Å². The summed E-state index contributed by atoms with van der Waals surface area (Å²) in [6.45, 7) is 0. The zero-order valence-electron chi connectivity index (χ0n) is 9.56. The molecule has 0 fully saturated rings. The average Bonchev–Trinajstić information content (AvgIpc) is 2.79. The molecule has 17 heavy (non-hydrogen) atoms. The molecule has 1 aliphatic rings. The van der Waals surface area contributed by atoms with Crippen molar-refractivity contribution in [2.75, 3.05) is 5.73 Å². The van der Waals surface area contributed by atoms with Crippen molar-refractivity contribution in [1.29, 1.82) is 0 Å². The molecule has 0 spiro atoms. The van der Waals surface area contributed by atoms with Gasteiger partial charge in [-0.2, -0.15) is 0 Å². The van der Waals surface area contributed by atoms with Crippen LogP contribution in [0.1, 0.15) is 29.1 Å². The SMILES string of the molecule is Nc1nc(Cc2cccnc2)nc2c1CCC2. The largest absolute Gasteiger partial charge is 0.383 e. The van der Waals surface area contributed by atoms with Gasteiger partial charge in [-0.05, 0) is 30.9 Å². The second-order valence-corrected chi connectivity index (χ2v) is 4.34. The van der Waals surface area contributed by atoms with E-state index in [1.807, 2.05) is 18.3 Å². The number of nitrogen functional groups attached to an aromatic ring is 1. The highest BCUT2D eigenvalue weighted by atomic mass is 15.0. The van der Waals surface area contributed by atoms with Crippen molar-refractivity contribution >= 4 is 5.82 Å². The molecule has 0 radical (unpaired) electrons. The minimum absolute atomic E-state index is 0.659. The lowest BCUT2D eigenvalue weighted by Gasteiger charge is -2.06. The highest BCUT2D eigenvalue weighted by Gasteiger charge is 2.17. The average molecular weight is 226 g/mol. The Labute approximate surface area is 99.9 Å². The standard InChI is InChI=1S/C13H14N4/c14-13-10-4-1-5-11(10)16-12(17-13)7-9-3-2-6-15-8-9/h2-3,6,8H,1,4-5,7H2,(H2,14,16,17). The predicted molar refractivity (Wildman–Crippen MR) is 65.5 cm³/mol. The van der Waals surface area contributed by atoms with Crippen molar-refractivity contribution in [2.24, 2.45) is 0 Å². The minimum Gasteiger partial charge on any atom is -0.383 e. The summed E-state index contributed by atoms with van der Waals surface area (Å²) in [6.07, 6.45) is 7.50. The Morgan fingerprint density at radius 1 is 1.24 bits per heavy atom. The van der Waals surface area contributed by atoms with E-state index in [-0.39, 0.29) is 0 Å². The molecule has 4 nitrogen and oxygen atoms in total. The second-order valence-electron chi connectivity index (χ2n) is 4.34. The van der Waals surface area contributed by atoms with Crippen LogP contribution in [0.3, 0.4) is 0 Å². The molecule has 0 atom stereocenters. The van der Waals surface area contributed by atoms with Crippen molar-refractivity contribution < 1.29 is 0 Å². The van der Waals surface area contributed by atoms with E-state index in [9.17, 15) is 0 Å². The lowest BCUT2D eigenvalue weighted by atomic mass is 10.2. The van der Waals surface area contributed by atoms with Crippen LogP contribution in [0.15, 0.2) is 24.5 Å². The molecule has 2 aromatic rings. The number of nitrogens with zero attached hydrogens (tertiary/aromatic N) is 3. The van der Waals surface area contributed by atoms with Gasteiger partial charge in [0.2, 0.25) is 0 Å². The summed E-state index contributed by atoms with van der Waals surface area (Å²) in [5, 5.41) is 0. The third-order valence-corrected chi connectivity index (χ3v) is 3.10. The highest BCUT2D eigenvalue weighted by Crippen LogP contribution is 2.24. The lowest BCUT2D eigenvalue weighted by Crippen LogP contribution is -2.06. The molecule has 0 saturated heterocycles. The van der Waals surface area contributed by atoms with Crippen molar-refractivity contribution in [3.63, 3.8) is 0 Å². The van der Waals surface area contributed by atoms with E-state index in [4.69, 9.17) is 5.73 Å². The summed E-state index contributed by atoms with van der Waals surface area (Å²) in [5.74, 6) is 1.46. The molecule has 86 valence electrons. The van der Waals surface area contributed by atoms with Crippen LogP contribution in [0.4, 0.5) is 5.82 Å². The fourth-order valence-corrected chi connectivity index (χ4v) is 2.28. The monoisotopic (exact) mass is 226 g/mol. The first-order valence-corrected chi connectivity index (χ1v) is 5.86. The normalized spacial score (nSPS) is 13.6. The van der Waals surface area contributed by atoms with Crippen LogP contribution in [-0.4, -0.2) is 15.0 Å². The molecule has 0 amide bonds. The summed E-state index contributed by atoms with van der Waals surface area (Å²) >= 11 is 0. The summed E-state index contributed by atoms with van der Waals surface area (Å²) in [7, 11) is 0. The van der Waals surface area contributed by atoms with Crippen LogP contribution in [0.25, 0.3) is 0 Å². The zero-order valence-corrected chi connectivity index (χ0v) is 9.56.